The molecular formula is C19H23FN2O2. The zero-order valence-corrected chi connectivity index (χ0v) is 14.5. The molecule has 128 valence electrons. The molecule has 0 aliphatic carbocycles. The van der Waals surface area contributed by atoms with Crippen LogP contribution in [0.25, 0.3) is 0 Å². The van der Waals surface area contributed by atoms with Crippen LogP contribution in [0.3, 0.4) is 0 Å². The predicted octanol–water partition coefficient (Wildman–Crippen LogP) is 3.96. The summed E-state index contributed by atoms with van der Waals surface area (Å²) in [6.07, 6.45) is 1.52. The van der Waals surface area contributed by atoms with E-state index in [0.717, 1.165) is 0 Å². The average Bonchev–Trinajstić information content (AvgIpc) is 2.52. The first-order valence-electron chi connectivity index (χ1n) is 7.90. The molecule has 1 heterocycles. The minimum atomic E-state index is -0.347. The van der Waals surface area contributed by atoms with Crippen molar-refractivity contribution in [3.63, 3.8) is 0 Å². The van der Waals surface area contributed by atoms with Gasteiger partial charge in [0.25, 0.3) is 5.91 Å². The number of nitrogens with zero attached hydrogens (tertiary/aromatic N) is 1. The molecule has 4 nitrogen and oxygen atoms in total. The summed E-state index contributed by atoms with van der Waals surface area (Å²) in [5, 5.41) is 2.97. The van der Waals surface area contributed by atoms with Gasteiger partial charge >= 0.3 is 0 Å². The number of ether oxygens (including phenoxy) is 1. The summed E-state index contributed by atoms with van der Waals surface area (Å²) in [5.74, 6) is -0.0550. The molecule has 0 fully saturated rings. The van der Waals surface area contributed by atoms with Gasteiger partial charge in [-0.15, -0.1) is 0 Å². The van der Waals surface area contributed by atoms with Crippen LogP contribution in [-0.4, -0.2) is 16.9 Å². The van der Waals surface area contributed by atoms with Gasteiger partial charge in [0.05, 0.1) is 11.3 Å². The van der Waals surface area contributed by atoms with Gasteiger partial charge in [-0.3, -0.25) is 9.78 Å². The van der Waals surface area contributed by atoms with E-state index in [0.29, 0.717) is 17.0 Å². The number of rotatable bonds is 5. The van der Waals surface area contributed by atoms with Gasteiger partial charge in [0.1, 0.15) is 18.2 Å². The maximum Gasteiger partial charge on any atom is 0.253 e. The topological polar surface area (TPSA) is 51.2 Å². The van der Waals surface area contributed by atoms with Crippen molar-refractivity contribution in [1.29, 1.82) is 0 Å². The highest BCUT2D eigenvalue weighted by Crippen LogP contribution is 2.19. The standard InChI is InChI=1S/C19H23FN2O2/c1-13(19(2,3)4)22-18(23)14-8-9-16(21-11-14)12-24-17-7-5-6-15(20)10-17/h5-11,13H,12H2,1-4H3,(H,22,23)/t13-/m1/s1. The minimum absolute atomic E-state index is 0.0121. The van der Waals surface area contributed by atoms with Crippen molar-refractivity contribution in [2.75, 3.05) is 0 Å². The van der Waals surface area contributed by atoms with Gasteiger partial charge in [-0.1, -0.05) is 26.8 Å². The molecule has 1 N–H and O–H groups in total. The number of carbonyl (C=O) groups is 1. The van der Waals surface area contributed by atoms with Crippen LogP contribution in [0.5, 0.6) is 5.75 Å². The van der Waals surface area contributed by atoms with Crippen molar-refractivity contribution >= 4 is 5.91 Å². The Balaban J connectivity index is 1.94. The van der Waals surface area contributed by atoms with Crippen LogP contribution in [0.15, 0.2) is 42.6 Å². The highest BCUT2D eigenvalue weighted by Gasteiger charge is 2.22. The van der Waals surface area contributed by atoms with E-state index in [2.05, 4.69) is 31.1 Å². The Labute approximate surface area is 142 Å². The molecule has 24 heavy (non-hydrogen) atoms. The van der Waals surface area contributed by atoms with Crippen LogP contribution in [0.1, 0.15) is 43.7 Å². The summed E-state index contributed by atoms with van der Waals surface area (Å²) in [4.78, 5) is 16.4. The van der Waals surface area contributed by atoms with Gasteiger partial charge in [0.15, 0.2) is 0 Å². The zero-order valence-electron chi connectivity index (χ0n) is 14.5. The largest absolute Gasteiger partial charge is 0.487 e. The molecule has 0 saturated heterocycles. The third-order valence-corrected chi connectivity index (χ3v) is 3.92. The van der Waals surface area contributed by atoms with Crippen LogP contribution in [-0.2, 0) is 6.61 Å². The Kier molecular flexibility index (Phi) is 5.54. The molecular weight excluding hydrogens is 307 g/mol. The SMILES string of the molecule is C[C@@H](NC(=O)c1ccc(COc2cccc(F)c2)nc1)C(C)(C)C. The Morgan fingerprint density at radius 2 is 2.04 bits per heavy atom. The number of pyridine rings is 1. The number of hydrogen-bond acceptors (Lipinski definition) is 3. The number of aromatic nitrogens is 1. The Hall–Kier alpha value is -2.43. The molecule has 1 amide bonds. The first kappa shape index (κ1) is 17.9. The van der Waals surface area contributed by atoms with Gasteiger partial charge in [-0.25, -0.2) is 4.39 Å². The van der Waals surface area contributed by atoms with Crippen molar-refractivity contribution in [1.82, 2.24) is 10.3 Å². The zero-order chi connectivity index (χ0) is 17.7. The van der Waals surface area contributed by atoms with Crippen molar-refractivity contribution in [2.45, 2.75) is 40.3 Å². The highest BCUT2D eigenvalue weighted by molar-refractivity contribution is 5.94. The lowest BCUT2D eigenvalue weighted by molar-refractivity contribution is 0.0909. The number of nitrogens with one attached hydrogen (secondary N) is 1. The van der Waals surface area contributed by atoms with Gasteiger partial charge < -0.3 is 10.1 Å². The molecule has 2 aromatic rings. The Morgan fingerprint density at radius 1 is 1.29 bits per heavy atom. The lowest BCUT2D eigenvalue weighted by atomic mass is 9.88. The van der Waals surface area contributed by atoms with Crippen LogP contribution < -0.4 is 10.1 Å². The van der Waals surface area contributed by atoms with Crippen LogP contribution >= 0.6 is 0 Å². The van der Waals surface area contributed by atoms with E-state index >= 15 is 0 Å². The third-order valence-electron chi connectivity index (χ3n) is 3.92. The number of halogens is 1. The van der Waals surface area contributed by atoms with E-state index in [1.807, 2.05) is 6.92 Å². The molecule has 0 unspecified atom stereocenters. The second-order valence-electron chi connectivity index (χ2n) is 6.85. The summed E-state index contributed by atoms with van der Waals surface area (Å²) in [6, 6.07) is 9.42. The minimum Gasteiger partial charge on any atom is -0.487 e. The van der Waals surface area contributed by atoms with Gasteiger partial charge in [-0.2, -0.15) is 0 Å². The van der Waals surface area contributed by atoms with Gasteiger partial charge in [0.2, 0.25) is 0 Å². The predicted molar refractivity (Wildman–Crippen MR) is 91.4 cm³/mol. The smallest absolute Gasteiger partial charge is 0.253 e. The lowest BCUT2D eigenvalue weighted by Crippen LogP contribution is -2.41. The molecule has 0 radical (unpaired) electrons. The molecule has 1 aromatic carbocycles. The molecule has 1 atom stereocenters. The van der Waals surface area contributed by atoms with E-state index in [1.165, 1.54) is 18.3 Å². The van der Waals surface area contributed by atoms with Crippen molar-refractivity contribution < 1.29 is 13.9 Å². The molecule has 0 aliphatic heterocycles. The molecule has 5 heteroatoms. The molecule has 0 bridgehead atoms. The summed E-state index contributed by atoms with van der Waals surface area (Å²) in [5.41, 5.74) is 1.15. The first-order valence-corrected chi connectivity index (χ1v) is 7.90. The van der Waals surface area contributed by atoms with E-state index in [4.69, 9.17) is 4.74 Å². The summed E-state index contributed by atoms with van der Waals surface area (Å²) < 4.78 is 18.6. The Bertz CT molecular complexity index is 693. The van der Waals surface area contributed by atoms with Crippen LogP contribution in [0, 0.1) is 11.2 Å². The summed E-state index contributed by atoms with van der Waals surface area (Å²) >= 11 is 0. The van der Waals surface area contributed by atoms with E-state index < -0.39 is 0 Å². The quantitative estimate of drug-likeness (QED) is 0.902. The monoisotopic (exact) mass is 330 g/mol. The van der Waals surface area contributed by atoms with Crippen molar-refractivity contribution in [3.8, 4) is 5.75 Å². The first-order chi connectivity index (χ1) is 11.3. The fourth-order valence-corrected chi connectivity index (χ4v) is 1.85. The molecule has 2 rings (SSSR count). The molecule has 1 aromatic heterocycles. The Morgan fingerprint density at radius 3 is 2.62 bits per heavy atom. The second kappa shape index (κ2) is 7.43. The number of amides is 1. The molecule has 0 spiro atoms. The maximum absolute atomic E-state index is 13.1. The van der Waals surface area contributed by atoms with Crippen LogP contribution in [0.4, 0.5) is 4.39 Å². The van der Waals surface area contributed by atoms with E-state index in [-0.39, 0.29) is 29.8 Å². The fourth-order valence-electron chi connectivity index (χ4n) is 1.85. The number of hydrogen-bond donors (Lipinski definition) is 1. The normalized spacial score (nSPS) is 12.5. The average molecular weight is 330 g/mol. The highest BCUT2D eigenvalue weighted by atomic mass is 19.1. The maximum atomic E-state index is 13.1. The van der Waals surface area contributed by atoms with Crippen molar-refractivity contribution in [2.24, 2.45) is 5.41 Å². The van der Waals surface area contributed by atoms with E-state index in [1.54, 1.807) is 24.3 Å². The summed E-state index contributed by atoms with van der Waals surface area (Å²) in [6.45, 7) is 8.41. The molecule has 0 aliphatic rings. The number of carbonyl (C=O) groups excluding carboxylic acids is 1. The fraction of sp³-hybridized carbons (Fsp3) is 0.368. The molecule has 0 saturated carbocycles. The third kappa shape index (κ3) is 5.05. The van der Waals surface area contributed by atoms with Crippen LogP contribution in [0.2, 0.25) is 0 Å². The number of benzene rings is 1. The van der Waals surface area contributed by atoms with Crippen molar-refractivity contribution in [3.05, 3.63) is 59.7 Å². The lowest BCUT2D eigenvalue weighted by Gasteiger charge is -2.28. The van der Waals surface area contributed by atoms with Gasteiger partial charge in [0, 0.05) is 18.3 Å². The van der Waals surface area contributed by atoms with Gasteiger partial charge in [-0.05, 0) is 36.6 Å². The second-order valence-corrected chi connectivity index (χ2v) is 6.85. The van der Waals surface area contributed by atoms with E-state index in [9.17, 15) is 9.18 Å². The summed E-state index contributed by atoms with van der Waals surface area (Å²) in [7, 11) is 0.